The minimum Gasteiger partial charge on any atom is -0.463 e. The summed E-state index contributed by atoms with van der Waals surface area (Å²) < 4.78 is 7.24. The summed E-state index contributed by atoms with van der Waals surface area (Å²) in [7, 11) is 0. The van der Waals surface area contributed by atoms with Gasteiger partial charge in [-0.05, 0) is 55.9 Å². The second-order valence-corrected chi connectivity index (χ2v) is 8.15. The van der Waals surface area contributed by atoms with Crippen LogP contribution in [0.4, 0.5) is 5.95 Å². The molecular formula is C25H23N7O2. The van der Waals surface area contributed by atoms with Crippen LogP contribution in [-0.4, -0.2) is 47.4 Å². The fourth-order valence-corrected chi connectivity index (χ4v) is 3.98. The van der Waals surface area contributed by atoms with Crippen LogP contribution < -0.4 is 5.32 Å². The molecule has 0 saturated heterocycles. The number of imidazole rings is 1. The van der Waals surface area contributed by atoms with E-state index in [0.29, 0.717) is 23.2 Å². The largest absolute Gasteiger partial charge is 0.463 e. The van der Waals surface area contributed by atoms with E-state index in [-0.39, 0.29) is 18.1 Å². The molecule has 0 spiro atoms. The number of nitrogens with zero attached hydrogens (tertiary/aromatic N) is 6. The molecule has 0 atom stereocenters. The van der Waals surface area contributed by atoms with E-state index in [9.17, 15) is 4.79 Å². The van der Waals surface area contributed by atoms with Crippen molar-refractivity contribution in [3.8, 4) is 23.4 Å². The first-order chi connectivity index (χ1) is 16.6. The maximum absolute atomic E-state index is 11.1. The van der Waals surface area contributed by atoms with Crippen molar-refractivity contribution in [2.75, 3.05) is 5.32 Å². The summed E-state index contributed by atoms with van der Waals surface area (Å²) in [4.78, 5) is 33.2. The Morgan fingerprint density at radius 1 is 1.06 bits per heavy atom. The number of pyridine rings is 1. The molecule has 9 heteroatoms. The average Bonchev–Trinajstić information content (AvgIpc) is 3.32. The number of carbonyl (C=O) groups is 1. The van der Waals surface area contributed by atoms with Crippen molar-refractivity contribution < 1.29 is 9.53 Å². The highest BCUT2D eigenvalue weighted by atomic mass is 16.5. The van der Waals surface area contributed by atoms with Gasteiger partial charge in [-0.3, -0.25) is 4.79 Å². The molecule has 4 aromatic heterocycles. The lowest BCUT2D eigenvalue weighted by Crippen LogP contribution is -2.31. The summed E-state index contributed by atoms with van der Waals surface area (Å²) in [5.74, 6) is 7.03. The molecule has 4 heterocycles. The van der Waals surface area contributed by atoms with Crippen molar-refractivity contribution in [1.82, 2.24) is 29.3 Å². The summed E-state index contributed by atoms with van der Waals surface area (Å²) in [6, 6.07) is 7.71. The van der Waals surface area contributed by atoms with Crippen LogP contribution in [0.2, 0.25) is 0 Å². The van der Waals surface area contributed by atoms with Crippen LogP contribution in [0.3, 0.4) is 0 Å². The second-order valence-electron chi connectivity index (χ2n) is 8.15. The van der Waals surface area contributed by atoms with E-state index in [4.69, 9.17) is 4.74 Å². The molecule has 34 heavy (non-hydrogen) atoms. The van der Waals surface area contributed by atoms with Crippen LogP contribution in [0, 0.1) is 11.8 Å². The Kier molecular flexibility index (Phi) is 6.12. The van der Waals surface area contributed by atoms with Crippen molar-refractivity contribution in [2.45, 2.75) is 44.8 Å². The van der Waals surface area contributed by atoms with Crippen LogP contribution in [0.5, 0.6) is 0 Å². The third kappa shape index (κ3) is 5.18. The minimum atomic E-state index is -0.223. The smallest absolute Gasteiger partial charge is 0.302 e. The Hall–Kier alpha value is -4.32. The number of hydrogen-bond donors (Lipinski definition) is 1. The third-order valence-corrected chi connectivity index (χ3v) is 5.62. The number of hydrogen-bond acceptors (Lipinski definition) is 8. The molecule has 1 aliphatic carbocycles. The van der Waals surface area contributed by atoms with Crippen molar-refractivity contribution in [3.63, 3.8) is 0 Å². The van der Waals surface area contributed by atoms with E-state index in [1.165, 1.54) is 6.92 Å². The minimum absolute atomic E-state index is 0.00177. The highest BCUT2D eigenvalue weighted by Crippen LogP contribution is 2.24. The first kappa shape index (κ1) is 21.5. The number of anilines is 1. The molecule has 0 amide bonds. The van der Waals surface area contributed by atoms with Crippen molar-refractivity contribution in [1.29, 1.82) is 0 Å². The van der Waals surface area contributed by atoms with Gasteiger partial charge in [0.1, 0.15) is 17.5 Å². The summed E-state index contributed by atoms with van der Waals surface area (Å²) in [5.41, 5.74) is 3.10. The van der Waals surface area contributed by atoms with Crippen LogP contribution in [-0.2, 0) is 9.53 Å². The molecule has 5 rings (SSSR count). The van der Waals surface area contributed by atoms with Gasteiger partial charge in [-0.1, -0.05) is 5.92 Å². The Morgan fingerprint density at radius 2 is 1.91 bits per heavy atom. The summed E-state index contributed by atoms with van der Waals surface area (Å²) in [6.45, 7) is 1.45. The van der Waals surface area contributed by atoms with Crippen molar-refractivity contribution >= 4 is 17.4 Å². The van der Waals surface area contributed by atoms with E-state index in [0.717, 1.165) is 36.8 Å². The molecule has 170 valence electrons. The zero-order chi connectivity index (χ0) is 23.3. The van der Waals surface area contributed by atoms with Crippen LogP contribution >= 0.6 is 0 Å². The third-order valence-electron chi connectivity index (χ3n) is 5.62. The molecule has 9 nitrogen and oxygen atoms in total. The van der Waals surface area contributed by atoms with E-state index in [1.807, 2.05) is 22.7 Å². The average molecular weight is 454 g/mol. The number of aromatic nitrogens is 6. The van der Waals surface area contributed by atoms with E-state index in [1.54, 1.807) is 37.1 Å². The monoisotopic (exact) mass is 453 g/mol. The lowest BCUT2D eigenvalue weighted by Gasteiger charge is -2.28. The normalized spacial score (nSPS) is 17.6. The van der Waals surface area contributed by atoms with Gasteiger partial charge in [-0.2, -0.15) is 0 Å². The Bertz CT molecular complexity index is 1380. The van der Waals surface area contributed by atoms with Gasteiger partial charge in [0.05, 0.1) is 18.0 Å². The summed E-state index contributed by atoms with van der Waals surface area (Å²) >= 11 is 0. The highest BCUT2D eigenvalue weighted by molar-refractivity contribution is 5.66. The fourth-order valence-electron chi connectivity index (χ4n) is 3.98. The molecular weight excluding hydrogens is 430 g/mol. The quantitative estimate of drug-likeness (QED) is 0.371. The number of nitrogens with one attached hydrogen (secondary N) is 1. The number of fused-ring (bicyclic) bond motifs is 1. The van der Waals surface area contributed by atoms with Gasteiger partial charge in [0.25, 0.3) is 0 Å². The molecule has 0 aromatic carbocycles. The molecule has 1 saturated carbocycles. The molecule has 0 radical (unpaired) electrons. The number of carbonyl (C=O) groups excluding carboxylic acids is 1. The summed E-state index contributed by atoms with van der Waals surface area (Å²) in [6.07, 6.45) is 12.3. The molecule has 0 bridgehead atoms. The van der Waals surface area contributed by atoms with Gasteiger partial charge in [0, 0.05) is 37.1 Å². The number of rotatable bonds is 4. The van der Waals surface area contributed by atoms with Gasteiger partial charge < -0.3 is 14.5 Å². The second kappa shape index (κ2) is 9.67. The molecule has 4 aromatic rings. The van der Waals surface area contributed by atoms with E-state index >= 15 is 0 Å². The van der Waals surface area contributed by atoms with Crippen molar-refractivity contribution in [2.24, 2.45) is 0 Å². The van der Waals surface area contributed by atoms with Crippen LogP contribution in [0.25, 0.3) is 17.0 Å². The first-order valence-corrected chi connectivity index (χ1v) is 11.2. The number of esters is 1. The lowest BCUT2D eigenvalue weighted by molar-refractivity contribution is -0.147. The maximum atomic E-state index is 11.1. The highest BCUT2D eigenvalue weighted by Gasteiger charge is 2.23. The maximum Gasteiger partial charge on any atom is 0.302 e. The Morgan fingerprint density at radius 3 is 2.76 bits per heavy atom. The zero-order valence-electron chi connectivity index (χ0n) is 18.7. The summed E-state index contributed by atoms with van der Waals surface area (Å²) in [5, 5.41) is 3.38. The molecule has 1 fully saturated rings. The van der Waals surface area contributed by atoms with Gasteiger partial charge >= 0.3 is 5.97 Å². The molecule has 0 aliphatic heterocycles. The van der Waals surface area contributed by atoms with Gasteiger partial charge in [0.2, 0.25) is 5.95 Å². The van der Waals surface area contributed by atoms with E-state index < -0.39 is 0 Å². The van der Waals surface area contributed by atoms with Crippen molar-refractivity contribution in [3.05, 3.63) is 66.6 Å². The standard InChI is InChI=1S/C25H23N7O2/c1-17(33)34-22-8-5-19(6-9-22)30-25-28-13-11-23(31-25)24-27-12-10-20(29-24)4-2-18-3-7-21-14-26-16-32(21)15-18/h3,7,10-16,19,22H,5-6,8-9H2,1H3,(H,28,30,31)/t19-,22+. The molecule has 1 aliphatic rings. The number of ether oxygens (including phenoxy) is 1. The van der Waals surface area contributed by atoms with Gasteiger partial charge in [-0.15, -0.1) is 0 Å². The van der Waals surface area contributed by atoms with Crippen LogP contribution in [0.1, 0.15) is 43.9 Å². The lowest BCUT2D eigenvalue weighted by atomic mass is 9.93. The van der Waals surface area contributed by atoms with Crippen LogP contribution in [0.15, 0.2) is 55.4 Å². The molecule has 0 unspecified atom stereocenters. The van der Waals surface area contributed by atoms with Gasteiger partial charge in [0.15, 0.2) is 5.82 Å². The SMILES string of the molecule is CC(=O)O[C@H]1CC[C@@H](Nc2nccc(-c3nccc(C#Cc4ccc5cncn5c4)n3)n2)CC1. The predicted molar refractivity (Wildman–Crippen MR) is 126 cm³/mol. The Balaban J connectivity index is 1.27. The first-order valence-electron chi connectivity index (χ1n) is 11.2. The van der Waals surface area contributed by atoms with Gasteiger partial charge in [-0.25, -0.2) is 24.9 Å². The topological polar surface area (TPSA) is 107 Å². The zero-order valence-corrected chi connectivity index (χ0v) is 18.7. The Labute approximate surface area is 196 Å². The molecule has 1 N–H and O–H groups in total. The predicted octanol–water partition coefficient (Wildman–Crippen LogP) is 3.27. The van der Waals surface area contributed by atoms with E-state index in [2.05, 4.69) is 42.1 Å². The fraction of sp³-hybridized carbons (Fsp3) is 0.280.